The number of amides is 1. The smallest absolute Gasteiger partial charge is 0.230 e. The van der Waals surface area contributed by atoms with Crippen molar-refractivity contribution in [1.29, 1.82) is 0 Å². The number of hydrogen-bond donors (Lipinski definition) is 1. The summed E-state index contributed by atoms with van der Waals surface area (Å²) in [6.45, 7) is 6.03. The van der Waals surface area contributed by atoms with Crippen molar-refractivity contribution in [2.75, 3.05) is 39.0 Å². The van der Waals surface area contributed by atoms with Crippen LogP contribution in [0.2, 0.25) is 5.02 Å². The topological polar surface area (TPSA) is 35.6 Å². The summed E-state index contributed by atoms with van der Waals surface area (Å²) in [7, 11) is 2.17. The largest absolute Gasteiger partial charge is 0.351 e. The summed E-state index contributed by atoms with van der Waals surface area (Å²) in [6.07, 6.45) is 0. The van der Waals surface area contributed by atoms with E-state index in [1.807, 2.05) is 24.3 Å². The van der Waals surface area contributed by atoms with Gasteiger partial charge in [-0.25, -0.2) is 0 Å². The highest BCUT2D eigenvalue weighted by Gasteiger charge is 2.14. The standard InChI is InChI=1S/C22H28ClN3OS/c1-25-8-10-26(11-9-25)15-19-5-2-4-18(12-19)14-24-22(27)17-28-16-20-6-3-7-21(23)13-20/h2-7,12-13H,8-11,14-17H2,1H3,(H,24,27). The van der Waals surface area contributed by atoms with Gasteiger partial charge in [-0.3, -0.25) is 9.69 Å². The maximum atomic E-state index is 12.1. The molecule has 28 heavy (non-hydrogen) atoms. The third-order valence-electron chi connectivity index (χ3n) is 4.87. The van der Waals surface area contributed by atoms with Crippen LogP contribution in [0.4, 0.5) is 0 Å². The minimum atomic E-state index is 0.0662. The van der Waals surface area contributed by atoms with Gasteiger partial charge in [-0.2, -0.15) is 0 Å². The number of thioether (sulfide) groups is 1. The monoisotopic (exact) mass is 417 g/mol. The van der Waals surface area contributed by atoms with Gasteiger partial charge >= 0.3 is 0 Å². The maximum Gasteiger partial charge on any atom is 0.230 e. The summed E-state index contributed by atoms with van der Waals surface area (Å²) in [5.74, 6) is 1.30. The first-order valence-corrected chi connectivity index (χ1v) is 11.2. The molecule has 0 radical (unpaired) electrons. The van der Waals surface area contributed by atoms with Crippen LogP contribution in [0.5, 0.6) is 0 Å². The van der Waals surface area contributed by atoms with Crippen LogP contribution in [0.25, 0.3) is 0 Å². The van der Waals surface area contributed by atoms with Crippen molar-refractivity contribution in [3.8, 4) is 0 Å². The molecule has 0 bridgehead atoms. The second-order valence-electron chi connectivity index (χ2n) is 7.30. The van der Waals surface area contributed by atoms with E-state index < -0.39 is 0 Å². The average molecular weight is 418 g/mol. The van der Waals surface area contributed by atoms with E-state index in [1.165, 1.54) is 5.56 Å². The molecular weight excluding hydrogens is 390 g/mol. The Balaban J connectivity index is 1.39. The lowest BCUT2D eigenvalue weighted by Gasteiger charge is -2.32. The van der Waals surface area contributed by atoms with Crippen molar-refractivity contribution in [2.45, 2.75) is 18.8 Å². The van der Waals surface area contributed by atoms with Gasteiger partial charge in [0.05, 0.1) is 5.75 Å². The van der Waals surface area contributed by atoms with E-state index in [9.17, 15) is 4.79 Å². The summed E-state index contributed by atoms with van der Waals surface area (Å²) in [4.78, 5) is 17.0. The maximum absolute atomic E-state index is 12.1. The highest BCUT2D eigenvalue weighted by molar-refractivity contribution is 7.99. The molecule has 1 N–H and O–H groups in total. The van der Waals surface area contributed by atoms with Crippen LogP contribution in [-0.2, 0) is 23.6 Å². The molecule has 0 aliphatic carbocycles. The first-order chi connectivity index (χ1) is 13.6. The van der Waals surface area contributed by atoms with Crippen LogP contribution in [0.1, 0.15) is 16.7 Å². The quantitative estimate of drug-likeness (QED) is 0.711. The number of piperazine rings is 1. The van der Waals surface area contributed by atoms with Gasteiger partial charge in [0.15, 0.2) is 0 Å². The summed E-state index contributed by atoms with van der Waals surface area (Å²) in [5, 5.41) is 3.76. The van der Waals surface area contributed by atoms with Crippen molar-refractivity contribution in [3.63, 3.8) is 0 Å². The molecule has 1 fully saturated rings. The number of rotatable bonds is 8. The molecule has 1 aliphatic heterocycles. The molecule has 1 amide bonds. The van der Waals surface area contributed by atoms with Crippen LogP contribution in [0.3, 0.4) is 0 Å². The third kappa shape index (κ3) is 7.13. The Morgan fingerprint density at radius 2 is 1.75 bits per heavy atom. The van der Waals surface area contributed by atoms with Gasteiger partial charge in [0.2, 0.25) is 5.91 Å². The zero-order valence-electron chi connectivity index (χ0n) is 16.4. The molecule has 0 saturated carbocycles. The Kier molecular flexibility index (Phi) is 8.22. The van der Waals surface area contributed by atoms with Crippen LogP contribution in [0, 0.1) is 0 Å². The van der Waals surface area contributed by atoms with E-state index in [4.69, 9.17) is 11.6 Å². The van der Waals surface area contributed by atoms with Gasteiger partial charge in [0, 0.05) is 50.0 Å². The van der Waals surface area contributed by atoms with Crippen LogP contribution in [-0.4, -0.2) is 54.7 Å². The van der Waals surface area contributed by atoms with Crippen molar-refractivity contribution in [1.82, 2.24) is 15.1 Å². The zero-order chi connectivity index (χ0) is 19.8. The minimum Gasteiger partial charge on any atom is -0.351 e. The summed E-state index contributed by atoms with van der Waals surface area (Å²) in [5.41, 5.74) is 3.60. The molecule has 1 aliphatic rings. The van der Waals surface area contributed by atoms with Crippen molar-refractivity contribution < 1.29 is 4.79 Å². The van der Waals surface area contributed by atoms with Crippen LogP contribution < -0.4 is 5.32 Å². The first kappa shape index (κ1) is 21.2. The van der Waals surface area contributed by atoms with Crippen molar-refractivity contribution >= 4 is 29.3 Å². The molecule has 3 rings (SSSR count). The van der Waals surface area contributed by atoms with Crippen LogP contribution in [0.15, 0.2) is 48.5 Å². The fourth-order valence-corrected chi connectivity index (χ4v) is 4.26. The molecule has 0 unspecified atom stereocenters. The fourth-order valence-electron chi connectivity index (χ4n) is 3.24. The van der Waals surface area contributed by atoms with Gasteiger partial charge in [-0.15, -0.1) is 11.8 Å². The molecule has 2 aromatic carbocycles. The number of nitrogens with zero attached hydrogens (tertiary/aromatic N) is 2. The van der Waals surface area contributed by atoms with Gasteiger partial charge in [-0.05, 0) is 35.9 Å². The highest BCUT2D eigenvalue weighted by Crippen LogP contribution is 2.16. The number of hydrogen-bond acceptors (Lipinski definition) is 4. The summed E-state index contributed by atoms with van der Waals surface area (Å²) in [6, 6.07) is 16.3. The fraction of sp³-hybridized carbons (Fsp3) is 0.409. The zero-order valence-corrected chi connectivity index (χ0v) is 17.9. The average Bonchev–Trinajstić information content (AvgIpc) is 2.69. The number of likely N-dealkylation sites (N-methyl/N-ethyl adjacent to an activating group) is 1. The SMILES string of the molecule is CN1CCN(Cc2cccc(CNC(=O)CSCc3cccc(Cl)c3)c2)CC1. The second-order valence-corrected chi connectivity index (χ2v) is 8.72. The van der Waals surface area contributed by atoms with E-state index in [-0.39, 0.29) is 5.91 Å². The lowest BCUT2D eigenvalue weighted by atomic mass is 10.1. The minimum absolute atomic E-state index is 0.0662. The van der Waals surface area contributed by atoms with E-state index in [2.05, 4.69) is 46.4 Å². The molecule has 1 saturated heterocycles. The Labute approximate surface area is 177 Å². The van der Waals surface area contributed by atoms with Gasteiger partial charge in [0.1, 0.15) is 0 Å². The van der Waals surface area contributed by atoms with Crippen molar-refractivity contribution in [3.05, 3.63) is 70.2 Å². The third-order valence-corrected chi connectivity index (χ3v) is 6.11. The number of carbonyl (C=O) groups excluding carboxylic acids is 1. The Morgan fingerprint density at radius 1 is 1.04 bits per heavy atom. The first-order valence-electron chi connectivity index (χ1n) is 9.66. The highest BCUT2D eigenvalue weighted by atomic mass is 35.5. The molecule has 0 atom stereocenters. The molecular formula is C22H28ClN3OS. The van der Waals surface area contributed by atoms with Crippen LogP contribution >= 0.6 is 23.4 Å². The lowest BCUT2D eigenvalue weighted by Crippen LogP contribution is -2.43. The molecule has 150 valence electrons. The van der Waals surface area contributed by atoms with E-state index in [0.717, 1.165) is 54.6 Å². The molecule has 6 heteroatoms. The summed E-state index contributed by atoms with van der Waals surface area (Å²) < 4.78 is 0. The Bertz CT molecular complexity index is 778. The predicted molar refractivity (Wildman–Crippen MR) is 119 cm³/mol. The Morgan fingerprint density at radius 3 is 2.54 bits per heavy atom. The predicted octanol–water partition coefficient (Wildman–Crippen LogP) is 3.64. The molecule has 0 aromatic heterocycles. The Hall–Kier alpha value is -1.53. The lowest BCUT2D eigenvalue weighted by molar-refractivity contribution is -0.118. The number of nitrogens with one attached hydrogen (secondary N) is 1. The van der Waals surface area contributed by atoms with Gasteiger partial charge < -0.3 is 10.2 Å². The second kappa shape index (κ2) is 10.9. The molecule has 0 spiro atoms. The van der Waals surface area contributed by atoms with E-state index >= 15 is 0 Å². The normalized spacial score (nSPS) is 15.5. The summed E-state index contributed by atoms with van der Waals surface area (Å²) >= 11 is 7.59. The number of halogens is 1. The molecule has 1 heterocycles. The van der Waals surface area contributed by atoms with E-state index in [0.29, 0.717) is 12.3 Å². The number of carbonyl (C=O) groups is 1. The van der Waals surface area contributed by atoms with Gasteiger partial charge in [0.25, 0.3) is 0 Å². The van der Waals surface area contributed by atoms with Gasteiger partial charge in [-0.1, -0.05) is 48.0 Å². The van der Waals surface area contributed by atoms with E-state index in [1.54, 1.807) is 11.8 Å². The molecule has 4 nitrogen and oxygen atoms in total. The van der Waals surface area contributed by atoms with Crippen molar-refractivity contribution in [2.24, 2.45) is 0 Å². The molecule has 2 aromatic rings. The number of benzene rings is 2.